The van der Waals surface area contributed by atoms with Crippen molar-refractivity contribution in [2.75, 3.05) is 5.88 Å². The van der Waals surface area contributed by atoms with Crippen molar-refractivity contribution in [3.63, 3.8) is 0 Å². The predicted octanol–water partition coefficient (Wildman–Crippen LogP) is 2.60. The highest BCUT2D eigenvalue weighted by atomic mass is 35.5. The predicted molar refractivity (Wildman–Crippen MR) is 48.2 cm³/mol. The molecule has 0 aliphatic rings. The molecule has 0 radical (unpaired) electrons. The standard InChI is InChI=1S/C8H9Cl2N/c9-5-4-7-2-1-3-8(6-10)11-7/h1-3H,4-6H2. The van der Waals surface area contributed by atoms with Gasteiger partial charge in [0.2, 0.25) is 0 Å². The van der Waals surface area contributed by atoms with Crippen molar-refractivity contribution in [1.29, 1.82) is 0 Å². The van der Waals surface area contributed by atoms with E-state index in [9.17, 15) is 0 Å². The third kappa shape index (κ3) is 2.68. The lowest BCUT2D eigenvalue weighted by atomic mass is 10.3. The van der Waals surface area contributed by atoms with Crippen LogP contribution in [0.3, 0.4) is 0 Å². The number of aromatic nitrogens is 1. The van der Waals surface area contributed by atoms with Gasteiger partial charge in [-0.25, -0.2) is 0 Å². The van der Waals surface area contributed by atoms with Crippen molar-refractivity contribution in [3.05, 3.63) is 29.6 Å². The lowest BCUT2D eigenvalue weighted by Crippen LogP contribution is -1.93. The van der Waals surface area contributed by atoms with Crippen molar-refractivity contribution in [2.45, 2.75) is 12.3 Å². The van der Waals surface area contributed by atoms with Crippen LogP contribution in [0.1, 0.15) is 11.4 Å². The normalized spacial score (nSPS) is 10.0. The molecule has 0 aliphatic carbocycles. The topological polar surface area (TPSA) is 12.9 Å². The average molecular weight is 190 g/mol. The molecule has 1 nitrogen and oxygen atoms in total. The number of alkyl halides is 2. The summed E-state index contributed by atoms with van der Waals surface area (Å²) in [5, 5.41) is 0. The van der Waals surface area contributed by atoms with Gasteiger partial charge in [0.25, 0.3) is 0 Å². The molecule has 0 amide bonds. The van der Waals surface area contributed by atoms with Crippen molar-refractivity contribution in [2.24, 2.45) is 0 Å². The highest BCUT2D eigenvalue weighted by Gasteiger charge is 1.94. The summed E-state index contributed by atoms with van der Waals surface area (Å²) >= 11 is 11.2. The van der Waals surface area contributed by atoms with Crippen molar-refractivity contribution in [3.8, 4) is 0 Å². The van der Waals surface area contributed by atoms with E-state index in [0.717, 1.165) is 17.8 Å². The molecule has 0 bridgehead atoms. The van der Waals surface area contributed by atoms with E-state index in [4.69, 9.17) is 23.2 Å². The van der Waals surface area contributed by atoms with Crippen LogP contribution >= 0.6 is 23.2 Å². The summed E-state index contributed by atoms with van der Waals surface area (Å²) in [5.41, 5.74) is 1.92. The Morgan fingerprint density at radius 2 is 1.91 bits per heavy atom. The van der Waals surface area contributed by atoms with E-state index in [1.165, 1.54) is 0 Å². The SMILES string of the molecule is ClCCc1cccc(CCl)n1. The van der Waals surface area contributed by atoms with Crippen LogP contribution in [0.4, 0.5) is 0 Å². The average Bonchev–Trinajstić information content (AvgIpc) is 2.06. The van der Waals surface area contributed by atoms with Crippen LogP contribution in [0, 0.1) is 0 Å². The summed E-state index contributed by atoms with van der Waals surface area (Å²) < 4.78 is 0. The number of halogens is 2. The van der Waals surface area contributed by atoms with Crippen molar-refractivity contribution < 1.29 is 0 Å². The molecule has 0 unspecified atom stereocenters. The molecule has 1 rings (SSSR count). The van der Waals surface area contributed by atoms with Gasteiger partial charge in [0.1, 0.15) is 0 Å². The Bertz CT molecular complexity index is 225. The van der Waals surface area contributed by atoms with Gasteiger partial charge in [0.15, 0.2) is 0 Å². The van der Waals surface area contributed by atoms with Crippen LogP contribution in [-0.2, 0) is 12.3 Å². The van der Waals surface area contributed by atoms with Crippen LogP contribution < -0.4 is 0 Å². The van der Waals surface area contributed by atoms with Crippen LogP contribution in [-0.4, -0.2) is 10.9 Å². The molecule has 0 aromatic carbocycles. The van der Waals surface area contributed by atoms with Crippen LogP contribution in [0.25, 0.3) is 0 Å². The first kappa shape index (κ1) is 8.82. The Kier molecular flexibility index (Phi) is 3.67. The van der Waals surface area contributed by atoms with Gasteiger partial charge in [-0.1, -0.05) is 6.07 Å². The molecule has 1 heterocycles. The molecule has 1 aromatic heterocycles. The molecule has 0 saturated carbocycles. The molecule has 0 spiro atoms. The summed E-state index contributed by atoms with van der Waals surface area (Å²) in [4.78, 5) is 4.26. The molecule has 0 atom stereocenters. The zero-order valence-electron chi connectivity index (χ0n) is 6.06. The van der Waals surface area contributed by atoms with E-state index >= 15 is 0 Å². The minimum Gasteiger partial charge on any atom is -0.257 e. The first-order valence-electron chi connectivity index (χ1n) is 3.43. The second kappa shape index (κ2) is 4.58. The molecule has 11 heavy (non-hydrogen) atoms. The molecular formula is C8H9Cl2N. The molecule has 3 heteroatoms. The first-order chi connectivity index (χ1) is 5.36. The lowest BCUT2D eigenvalue weighted by Gasteiger charge is -1.98. The second-order valence-corrected chi connectivity index (χ2v) is 2.84. The van der Waals surface area contributed by atoms with E-state index in [0.29, 0.717) is 11.8 Å². The van der Waals surface area contributed by atoms with Gasteiger partial charge in [0.05, 0.1) is 11.6 Å². The van der Waals surface area contributed by atoms with Gasteiger partial charge in [-0.05, 0) is 12.1 Å². The van der Waals surface area contributed by atoms with Crippen LogP contribution in [0.15, 0.2) is 18.2 Å². The molecule has 1 aromatic rings. The summed E-state index contributed by atoms with van der Waals surface area (Å²) in [6, 6.07) is 5.82. The van der Waals surface area contributed by atoms with Crippen molar-refractivity contribution in [1.82, 2.24) is 4.98 Å². The summed E-state index contributed by atoms with van der Waals surface area (Å²) in [7, 11) is 0. The quantitative estimate of drug-likeness (QED) is 0.667. The van der Waals surface area contributed by atoms with E-state index in [2.05, 4.69) is 4.98 Å². The van der Waals surface area contributed by atoms with E-state index in [1.807, 2.05) is 18.2 Å². The molecular weight excluding hydrogens is 181 g/mol. The minimum absolute atomic E-state index is 0.468. The van der Waals surface area contributed by atoms with Gasteiger partial charge >= 0.3 is 0 Å². The van der Waals surface area contributed by atoms with Gasteiger partial charge < -0.3 is 0 Å². The zero-order chi connectivity index (χ0) is 8.10. The number of rotatable bonds is 3. The van der Waals surface area contributed by atoms with E-state index < -0.39 is 0 Å². The monoisotopic (exact) mass is 189 g/mol. The van der Waals surface area contributed by atoms with Gasteiger partial charge in [0, 0.05) is 18.0 Å². The molecule has 60 valence electrons. The molecule has 0 N–H and O–H groups in total. The largest absolute Gasteiger partial charge is 0.257 e. The number of pyridine rings is 1. The minimum atomic E-state index is 0.468. The zero-order valence-corrected chi connectivity index (χ0v) is 7.57. The Hall–Kier alpha value is -0.270. The highest BCUT2D eigenvalue weighted by molar-refractivity contribution is 6.18. The van der Waals surface area contributed by atoms with Gasteiger partial charge in [-0.15, -0.1) is 23.2 Å². The van der Waals surface area contributed by atoms with Gasteiger partial charge in [-0.2, -0.15) is 0 Å². The first-order valence-corrected chi connectivity index (χ1v) is 4.50. The summed E-state index contributed by atoms with van der Waals surface area (Å²) in [5.74, 6) is 1.08. The fourth-order valence-corrected chi connectivity index (χ4v) is 1.18. The Morgan fingerprint density at radius 1 is 1.18 bits per heavy atom. The lowest BCUT2D eigenvalue weighted by molar-refractivity contribution is 1.00. The molecule has 0 saturated heterocycles. The Labute approximate surface area is 76.4 Å². The maximum absolute atomic E-state index is 5.60. The Balaban J connectivity index is 2.74. The number of nitrogens with zero attached hydrogens (tertiary/aromatic N) is 1. The fraction of sp³-hybridized carbons (Fsp3) is 0.375. The second-order valence-electron chi connectivity index (χ2n) is 2.19. The molecule has 0 aliphatic heterocycles. The van der Waals surface area contributed by atoms with E-state index in [-0.39, 0.29) is 0 Å². The Morgan fingerprint density at radius 3 is 2.55 bits per heavy atom. The third-order valence-corrected chi connectivity index (χ3v) is 1.81. The van der Waals surface area contributed by atoms with Crippen LogP contribution in [0.5, 0.6) is 0 Å². The van der Waals surface area contributed by atoms with Gasteiger partial charge in [-0.3, -0.25) is 4.98 Å². The van der Waals surface area contributed by atoms with Crippen LogP contribution in [0.2, 0.25) is 0 Å². The fourth-order valence-electron chi connectivity index (χ4n) is 0.840. The maximum atomic E-state index is 5.60. The maximum Gasteiger partial charge on any atom is 0.0647 e. The molecule has 0 fully saturated rings. The van der Waals surface area contributed by atoms with Crippen molar-refractivity contribution >= 4 is 23.2 Å². The third-order valence-electron chi connectivity index (χ3n) is 1.35. The smallest absolute Gasteiger partial charge is 0.0647 e. The van der Waals surface area contributed by atoms with E-state index in [1.54, 1.807) is 0 Å². The summed E-state index contributed by atoms with van der Waals surface area (Å²) in [6.07, 6.45) is 0.812. The number of hydrogen-bond donors (Lipinski definition) is 0. The number of hydrogen-bond acceptors (Lipinski definition) is 1. The summed E-state index contributed by atoms with van der Waals surface area (Å²) in [6.45, 7) is 0. The number of aryl methyl sites for hydroxylation is 1. The highest BCUT2D eigenvalue weighted by Crippen LogP contribution is 2.03.